The molecule has 0 saturated carbocycles. The van der Waals surface area contributed by atoms with E-state index in [2.05, 4.69) is 10.5 Å². The average molecular weight is 305 g/mol. The van der Waals surface area contributed by atoms with Crippen LogP contribution in [0.3, 0.4) is 0 Å². The SMILES string of the molecule is O=C(O)COc1ccccc1/C=N/Nc1ccc(Cl)cc1. The number of anilines is 1. The van der Waals surface area contributed by atoms with Crippen molar-refractivity contribution in [3.05, 3.63) is 59.1 Å². The van der Waals surface area contributed by atoms with Gasteiger partial charge in [0.25, 0.3) is 0 Å². The summed E-state index contributed by atoms with van der Waals surface area (Å²) < 4.78 is 5.18. The van der Waals surface area contributed by atoms with E-state index >= 15 is 0 Å². The minimum absolute atomic E-state index is 0.393. The molecular weight excluding hydrogens is 292 g/mol. The van der Waals surface area contributed by atoms with Crippen molar-refractivity contribution in [3.63, 3.8) is 0 Å². The van der Waals surface area contributed by atoms with Crippen LogP contribution < -0.4 is 10.2 Å². The van der Waals surface area contributed by atoms with Gasteiger partial charge in [0.1, 0.15) is 5.75 Å². The van der Waals surface area contributed by atoms with Crippen LogP contribution >= 0.6 is 11.6 Å². The van der Waals surface area contributed by atoms with Crippen molar-refractivity contribution >= 4 is 29.5 Å². The highest BCUT2D eigenvalue weighted by molar-refractivity contribution is 6.30. The fourth-order valence-corrected chi connectivity index (χ4v) is 1.68. The summed E-state index contributed by atoms with van der Waals surface area (Å²) in [6, 6.07) is 14.2. The maximum Gasteiger partial charge on any atom is 0.341 e. The molecule has 0 amide bonds. The normalized spacial score (nSPS) is 10.5. The zero-order chi connectivity index (χ0) is 15.1. The van der Waals surface area contributed by atoms with Crippen LogP contribution in [0, 0.1) is 0 Å². The number of carboxylic acids is 1. The average Bonchev–Trinajstić information content (AvgIpc) is 2.48. The number of rotatable bonds is 6. The monoisotopic (exact) mass is 304 g/mol. The number of hydrogen-bond donors (Lipinski definition) is 2. The standard InChI is InChI=1S/C15H13ClN2O3/c16-12-5-7-13(8-6-12)18-17-9-11-3-1-2-4-14(11)21-10-15(19)20/h1-9,18H,10H2,(H,19,20)/b17-9+. The van der Waals surface area contributed by atoms with Gasteiger partial charge in [0, 0.05) is 10.6 Å². The molecule has 2 aromatic rings. The zero-order valence-electron chi connectivity index (χ0n) is 11.0. The summed E-state index contributed by atoms with van der Waals surface area (Å²) in [4.78, 5) is 10.5. The summed E-state index contributed by atoms with van der Waals surface area (Å²) in [5.74, 6) is -0.567. The van der Waals surface area contributed by atoms with Gasteiger partial charge in [-0.1, -0.05) is 23.7 Å². The third kappa shape index (κ3) is 4.81. The Balaban J connectivity index is 2.03. The van der Waals surface area contributed by atoms with E-state index in [0.29, 0.717) is 16.3 Å². The summed E-state index contributed by atoms with van der Waals surface area (Å²) in [6.45, 7) is -0.393. The number of nitrogens with zero attached hydrogens (tertiary/aromatic N) is 1. The predicted molar refractivity (Wildman–Crippen MR) is 82.2 cm³/mol. The Kier molecular flexibility index (Phi) is 5.17. The lowest BCUT2D eigenvalue weighted by Gasteiger charge is -2.06. The molecule has 0 radical (unpaired) electrons. The number of carbonyl (C=O) groups is 1. The van der Waals surface area contributed by atoms with Crippen LogP contribution in [0.4, 0.5) is 5.69 Å². The molecule has 0 aromatic heterocycles. The van der Waals surface area contributed by atoms with Gasteiger partial charge in [-0.2, -0.15) is 5.10 Å². The number of carboxylic acid groups (broad SMARTS) is 1. The van der Waals surface area contributed by atoms with Crippen LogP contribution in [0.15, 0.2) is 53.6 Å². The van der Waals surface area contributed by atoms with E-state index in [1.54, 1.807) is 48.7 Å². The number of hydrazone groups is 1. The van der Waals surface area contributed by atoms with Crippen LogP contribution in [-0.2, 0) is 4.79 Å². The summed E-state index contributed by atoms with van der Waals surface area (Å²) in [5, 5.41) is 13.4. The molecule has 21 heavy (non-hydrogen) atoms. The second-order valence-electron chi connectivity index (χ2n) is 4.10. The Morgan fingerprint density at radius 3 is 2.67 bits per heavy atom. The second kappa shape index (κ2) is 7.31. The lowest BCUT2D eigenvalue weighted by molar-refractivity contribution is -0.139. The molecule has 0 saturated heterocycles. The van der Waals surface area contributed by atoms with Crippen molar-refractivity contribution < 1.29 is 14.6 Å². The van der Waals surface area contributed by atoms with Crippen molar-refractivity contribution in [2.75, 3.05) is 12.0 Å². The molecule has 0 aliphatic heterocycles. The number of ether oxygens (including phenoxy) is 1. The first-order chi connectivity index (χ1) is 10.1. The third-order valence-electron chi connectivity index (χ3n) is 2.51. The van der Waals surface area contributed by atoms with Crippen LogP contribution in [-0.4, -0.2) is 23.9 Å². The number of benzene rings is 2. The molecule has 0 unspecified atom stereocenters. The van der Waals surface area contributed by atoms with Gasteiger partial charge in [-0.15, -0.1) is 0 Å². The largest absolute Gasteiger partial charge is 0.481 e. The minimum Gasteiger partial charge on any atom is -0.481 e. The van der Waals surface area contributed by atoms with E-state index in [-0.39, 0.29) is 0 Å². The number of hydrogen-bond acceptors (Lipinski definition) is 4. The van der Waals surface area contributed by atoms with Gasteiger partial charge in [0.15, 0.2) is 6.61 Å². The second-order valence-corrected chi connectivity index (χ2v) is 4.53. The van der Waals surface area contributed by atoms with Gasteiger partial charge in [-0.3, -0.25) is 5.43 Å². The summed E-state index contributed by atoms with van der Waals surface area (Å²) in [5.41, 5.74) is 4.32. The van der Waals surface area contributed by atoms with Crippen LogP contribution in [0.2, 0.25) is 5.02 Å². The van der Waals surface area contributed by atoms with Crippen molar-refractivity contribution in [3.8, 4) is 5.75 Å². The van der Waals surface area contributed by atoms with Crippen molar-refractivity contribution in [1.82, 2.24) is 0 Å². The molecule has 0 atom stereocenters. The molecule has 2 rings (SSSR count). The van der Waals surface area contributed by atoms with Crippen LogP contribution in [0.1, 0.15) is 5.56 Å². The third-order valence-corrected chi connectivity index (χ3v) is 2.76. The number of aliphatic carboxylic acids is 1. The van der Waals surface area contributed by atoms with E-state index in [9.17, 15) is 4.79 Å². The molecule has 0 bridgehead atoms. The summed E-state index contributed by atoms with van der Waals surface area (Å²) in [7, 11) is 0. The van der Waals surface area contributed by atoms with Gasteiger partial charge in [-0.25, -0.2) is 4.79 Å². The first-order valence-corrected chi connectivity index (χ1v) is 6.51. The van der Waals surface area contributed by atoms with E-state index in [4.69, 9.17) is 21.4 Å². The van der Waals surface area contributed by atoms with Crippen LogP contribution in [0.5, 0.6) is 5.75 Å². The molecular formula is C15H13ClN2O3. The highest BCUT2D eigenvalue weighted by Crippen LogP contribution is 2.16. The number of para-hydroxylation sites is 1. The molecule has 0 aliphatic carbocycles. The fourth-order valence-electron chi connectivity index (χ4n) is 1.56. The molecule has 0 heterocycles. The summed E-state index contributed by atoms with van der Waals surface area (Å²) >= 11 is 5.79. The highest BCUT2D eigenvalue weighted by Gasteiger charge is 2.03. The Hall–Kier alpha value is -2.53. The molecule has 2 aromatic carbocycles. The molecule has 0 aliphatic rings. The summed E-state index contributed by atoms with van der Waals surface area (Å²) in [6.07, 6.45) is 1.56. The number of nitrogens with one attached hydrogen (secondary N) is 1. The molecule has 5 nitrogen and oxygen atoms in total. The fraction of sp³-hybridized carbons (Fsp3) is 0.0667. The topological polar surface area (TPSA) is 70.9 Å². The lowest BCUT2D eigenvalue weighted by atomic mass is 10.2. The Labute approximate surface area is 126 Å². The van der Waals surface area contributed by atoms with Gasteiger partial charge in [-0.05, 0) is 36.4 Å². The highest BCUT2D eigenvalue weighted by atomic mass is 35.5. The Morgan fingerprint density at radius 1 is 1.24 bits per heavy atom. The van der Waals surface area contributed by atoms with Crippen molar-refractivity contribution in [2.24, 2.45) is 5.10 Å². The minimum atomic E-state index is -1.03. The van der Waals surface area contributed by atoms with E-state index in [1.165, 1.54) is 0 Å². The maximum absolute atomic E-state index is 10.5. The van der Waals surface area contributed by atoms with Crippen LogP contribution in [0.25, 0.3) is 0 Å². The molecule has 0 fully saturated rings. The van der Waals surface area contributed by atoms with Crippen molar-refractivity contribution in [2.45, 2.75) is 0 Å². The van der Waals surface area contributed by atoms with E-state index in [0.717, 1.165) is 5.69 Å². The molecule has 2 N–H and O–H groups in total. The van der Waals surface area contributed by atoms with Gasteiger partial charge in [0.05, 0.1) is 11.9 Å². The predicted octanol–water partition coefficient (Wildman–Crippen LogP) is 3.25. The first-order valence-electron chi connectivity index (χ1n) is 6.13. The molecule has 0 spiro atoms. The van der Waals surface area contributed by atoms with E-state index in [1.807, 2.05) is 6.07 Å². The Morgan fingerprint density at radius 2 is 1.95 bits per heavy atom. The van der Waals surface area contributed by atoms with Gasteiger partial charge in [0.2, 0.25) is 0 Å². The Bertz CT molecular complexity index is 642. The van der Waals surface area contributed by atoms with Gasteiger partial charge < -0.3 is 9.84 Å². The zero-order valence-corrected chi connectivity index (χ0v) is 11.7. The first kappa shape index (κ1) is 14.9. The molecule has 108 valence electrons. The smallest absolute Gasteiger partial charge is 0.341 e. The van der Waals surface area contributed by atoms with Crippen molar-refractivity contribution in [1.29, 1.82) is 0 Å². The number of halogens is 1. The molecule has 6 heteroatoms. The van der Waals surface area contributed by atoms with Gasteiger partial charge >= 0.3 is 5.97 Å². The van der Waals surface area contributed by atoms with E-state index < -0.39 is 12.6 Å². The quantitative estimate of drug-likeness (QED) is 0.635. The lowest BCUT2D eigenvalue weighted by Crippen LogP contribution is -2.10. The maximum atomic E-state index is 10.5.